The molecule has 3 aromatic carbocycles. The third kappa shape index (κ3) is 4.66. The zero-order valence-corrected chi connectivity index (χ0v) is 18.1. The van der Waals surface area contributed by atoms with Crippen molar-refractivity contribution < 1.29 is 14.7 Å². The molecule has 0 fully saturated rings. The molecule has 0 saturated carbocycles. The van der Waals surface area contributed by atoms with E-state index in [9.17, 15) is 14.4 Å². The van der Waals surface area contributed by atoms with E-state index in [1.54, 1.807) is 48.5 Å². The highest BCUT2D eigenvalue weighted by molar-refractivity contribution is 7.99. The number of carboxylic acid groups (broad SMARTS) is 1. The molecule has 0 aliphatic heterocycles. The van der Waals surface area contributed by atoms with E-state index in [4.69, 9.17) is 16.7 Å². The summed E-state index contributed by atoms with van der Waals surface area (Å²) in [6, 6.07) is 19.7. The third-order valence-corrected chi connectivity index (χ3v) is 5.77. The quantitative estimate of drug-likeness (QED) is 0.322. The fourth-order valence-corrected chi connectivity index (χ4v) is 3.99. The second-order valence-corrected chi connectivity index (χ2v) is 8.13. The molecule has 0 spiro atoms. The molecule has 0 unspecified atom stereocenters. The summed E-state index contributed by atoms with van der Waals surface area (Å²) in [5.74, 6) is -1.36. The van der Waals surface area contributed by atoms with Crippen LogP contribution in [0.15, 0.2) is 82.7 Å². The van der Waals surface area contributed by atoms with Crippen molar-refractivity contribution in [2.45, 2.75) is 5.16 Å². The fraction of sp³-hybridized carbons (Fsp3) is 0.0435. The molecule has 1 amide bonds. The number of para-hydroxylation sites is 1. The Morgan fingerprint density at radius 3 is 2.38 bits per heavy atom. The van der Waals surface area contributed by atoms with Gasteiger partial charge in [0.15, 0.2) is 5.16 Å². The van der Waals surface area contributed by atoms with E-state index < -0.39 is 5.97 Å². The third-order valence-electron chi connectivity index (χ3n) is 4.58. The molecule has 4 aromatic rings. The van der Waals surface area contributed by atoms with Gasteiger partial charge < -0.3 is 10.4 Å². The van der Waals surface area contributed by atoms with Gasteiger partial charge in [-0.05, 0) is 60.7 Å². The van der Waals surface area contributed by atoms with Crippen LogP contribution < -0.4 is 10.9 Å². The molecule has 0 bridgehead atoms. The lowest BCUT2D eigenvalue weighted by Crippen LogP contribution is -2.23. The number of anilines is 1. The molecule has 0 aliphatic rings. The molecule has 0 saturated heterocycles. The van der Waals surface area contributed by atoms with Crippen LogP contribution in [-0.4, -0.2) is 32.3 Å². The van der Waals surface area contributed by atoms with Gasteiger partial charge in [0.1, 0.15) is 0 Å². The van der Waals surface area contributed by atoms with Crippen LogP contribution in [0.25, 0.3) is 16.6 Å². The lowest BCUT2D eigenvalue weighted by molar-refractivity contribution is -0.113. The van der Waals surface area contributed by atoms with Crippen LogP contribution in [0.2, 0.25) is 5.02 Å². The van der Waals surface area contributed by atoms with Crippen molar-refractivity contribution >= 4 is 51.8 Å². The van der Waals surface area contributed by atoms with Gasteiger partial charge in [0.25, 0.3) is 5.56 Å². The number of hydrogen-bond acceptors (Lipinski definition) is 5. The molecule has 0 aliphatic carbocycles. The first-order valence-electron chi connectivity index (χ1n) is 9.46. The van der Waals surface area contributed by atoms with Crippen LogP contribution >= 0.6 is 23.4 Å². The minimum atomic E-state index is -1.04. The number of nitrogens with zero attached hydrogens (tertiary/aromatic N) is 2. The molecule has 1 aromatic heterocycles. The predicted octanol–water partition coefficient (Wildman–Crippen LogP) is 4.47. The number of carboxylic acids is 1. The standard InChI is InChI=1S/C23H16ClN3O4S/c24-15-7-11-17(12-8-15)27-21(29)18-3-1-2-4-19(18)26-23(27)32-13-20(28)25-16-9-5-14(6-10-16)22(30)31/h1-12H,13H2,(H,25,28)(H,30,31). The highest BCUT2D eigenvalue weighted by atomic mass is 35.5. The number of fused-ring (bicyclic) bond motifs is 1. The normalized spacial score (nSPS) is 10.8. The molecular formula is C23H16ClN3O4S. The van der Waals surface area contributed by atoms with Crippen LogP contribution in [0, 0.1) is 0 Å². The van der Waals surface area contributed by atoms with Crippen molar-refractivity contribution in [2.75, 3.05) is 11.1 Å². The highest BCUT2D eigenvalue weighted by Crippen LogP contribution is 2.23. The molecule has 0 atom stereocenters. The number of amides is 1. The Hall–Kier alpha value is -3.62. The summed E-state index contributed by atoms with van der Waals surface area (Å²) in [5, 5.41) is 13.1. The number of carbonyl (C=O) groups excluding carboxylic acids is 1. The minimum Gasteiger partial charge on any atom is -0.478 e. The Kier molecular flexibility index (Phi) is 6.25. The summed E-state index contributed by atoms with van der Waals surface area (Å²) in [4.78, 5) is 41.2. The number of halogens is 1. The number of rotatable bonds is 6. The number of benzene rings is 3. The smallest absolute Gasteiger partial charge is 0.335 e. The maximum atomic E-state index is 13.2. The summed E-state index contributed by atoms with van der Waals surface area (Å²) >= 11 is 7.11. The summed E-state index contributed by atoms with van der Waals surface area (Å²) < 4.78 is 1.46. The van der Waals surface area contributed by atoms with E-state index in [0.29, 0.717) is 32.5 Å². The van der Waals surface area contributed by atoms with E-state index in [2.05, 4.69) is 10.3 Å². The Labute approximate surface area is 191 Å². The largest absolute Gasteiger partial charge is 0.478 e. The van der Waals surface area contributed by atoms with Crippen LogP contribution in [0.5, 0.6) is 0 Å². The van der Waals surface area contributed by atoms with Crippen molar-refractivity contribution in [1.29, 1.82) is 0 Å². The second-order valence-electron chi connectivity index (χ2n) is 6.75. The number of nitrogens with one attached hydrogen (secondary N) is 1. The highest BCUT2D eigenvalue weighted by Gasteiger charge is 2.15. The average Bonchev–Trinajstić information content (AvgIpc) is 2.79. The molecule has 0 radical (unpaired) electrons. The lowest BCUT2D eigenvalue weighted by Gasteiger charge is -2.13. The van der Waals surface area contributed by atoms with Crippen molar-refractivity contribution in [3.8, 4) is 5.69 Å². The van der Waals surface area contributed by atoms with Crippen molar-refractivity contribution in [1.82, 2.24) is 9.55 Å². The number of thioether (sulfide) groups is 1. The first kappa shape index (κ1) is 21.6. The molecule has 160 valence electrons. The van der Waals surface area contributed by atoms with Crippen LogP contribution in [-0.2, 0) is 4.79 Å². The van der Waals surface area contributed by atoms with Gasteiger partial charge in [-0.2, -0.15) is 0 Å². The topological polar surface area (TPSA) is 101 Å². The van der Waals surface area contributed by atoms with Crippen LogP contribution in [0.1, 0.15) is 10.4 Å². The molecule has 9 heteroatoms. The van der Waals surface area contributed by atoms with Crippen molar-refractivity contribution in [2.24, 2.45) is 0 Å². The first-order chi connectivity index (χ1) is 15.4. The monoisotopic (exact) mass is 465 g/mol. The maximum absolute atomic E-state index is 13.2. The minimum absolute atomic E-state index is 0.000941. The van der Waals surface area contributed by atoms with Gasteiger partial charge in [-0.1, -0.05) is 35.5 Å². The molecule has 2 N–H and O–H groups in total. The van der Waals surface area contributed by atoms with Gasteiger partial charge >= 0.3 is 5.97 Å². The van der Waals surface area contributed by atoms with Gasteiger partial charge in [-0.25, -0.2) is 9.78 Å². The average molecular weight is 466 g/mol. The molecule has 7 nitrogen and oxygen atoms in total. The van der Waals surface area contributed by atoms with E-state index in [1.165, 1.54) is 28.8 Å². The number of aromatic nitrogens is 2. The second kappa shape index (κ2) is 9.25. The Bertz CT molecular complexity index is 1370. The Balaban J connectivity index is 1.61. The Morgan fingerprint density at radius 1 is 1.00 bits per heavy atom. The van der Waals surface area contributed by atoms with E-state index in [1.807, 2.05) is 0 Å². The SMILES string of the molecule is O=C(CSc1nc2ccccc2c(=O)n1-c1ccc(Cl)cc1)Nc1ccc(C(=O)O)cc1. The zero-order valence-electron chi connectivity index (χ0n) is 16.5. The number of carbonyl (C=O) groups is 2. The maximum Gasteiger partial charge on any atom is 0.335 e. The molecular weight excluding hydrogens is 450 g/mol. The predicted molar refractivity (Wildman–Crippen MR) is 125 cm³/mol. The van der Waals surface area contributed by atoms with Crippen molar-refractivity contribution in [3.63, 3.8) is 0 Å². The van der Waals surface area contributed by atoms with E-state index >= 15 is 0 Å². The van der Waals surface area contributed by atoms with E-state index in [0.717, 1.165) is 11.8 Å². The summed E-state index contributed by atoms with van der Waals surface area (Å²) in [7, 11) is 0. The van der Waals surface area contributed by atoms with Gasteiger partial charge in [0.2, 0.25) is 5.91 Å². The summed E-state index contributed by atoms with van der Waals surface area (Å²) in [6.45, 7) is 0. The van der Waals surface area contributed by atoms with Crippen LogP contribution in [0.4, 0.5) is 5.69 Å². The van der Waals surface area contributed by atoms with Gasteiger partial charge in [-0.15, -0.1) is 0 Å². The Morgan fingerprint density at radius 2 is 1.69 bits per heavy atom. The number of aromatic carboxylic acids is 1. The van der Waals surface area contributed by atoms with Crippen molar-refractivity contribution in [3.05, 3.63) is 93.7 Å². The molecule has 32 heavy (non-hydrogen) atoms. The molecule has 1 heterocycles. The summed E-state index contributed by atoms with van der Waals surface area (Å²) in [6.07, 6.45) is 0. The lowest BCUT2D eigenvalue weighted by atomic mass is 10.2. The van der Waals surface area contributed by atoms with Gasteiger partial charge in [0, 0.05) is 10.7 Å². The fourth-order valence-electron chi connectivity index (χ4n) is 3.05. The van der Waals surface area contributed by atoms with Gasteiger partial charge in [-0.3, -0.25) is 14.2 Å². The zero-order chi connectivity index (χ0) is 22.7. The van der Waals surface area contributed by atoms with E-state index in [-0.39, 0.29) is 22.8 Å². The summed E-state index contributed by atoms with van der Waals surface area (Å²) in [5.41, 5.74) is 1.48. The number of hydrogen-bond donors (Lipinski definition) is 2. The first-order valence-corrected chi connectivity index (χ1v) is 10.8. The van der Waals surface area contributed by atoms with Gasteiger partial charge in [0.05, 0.1) is 27.9 Å². The molecule has 4 rings (SSSR count). The van der Waals surface area contributed by atoms with Crippen LogP contribution in [0.3, 0.4) is 0 Å².